The smallest absolute Gasteiger partial charge is 0.341 e. The summed E-state index contributed by atoms with van der Waals surface area (Å²) >= 11 is 1.20. The van der Waals surface area contributed by atoms with Gasteiger partial charge in [0.15, 0.2) is 22.4 Å². The average molecular weight is 593 g/mol. The zero-order valence-corrected chi connectivity index (χ0v) is 22.9. The number of carboxylic acids is 1. The lowest BCUT2D eigenvalue weighted by Gasteiger charge is -2.39. The Bertz CT molecular complexity index is 1720. The summed E-state index contributed by atoms with van der Waals surface area (Å²) in [5, 5.41) is 14.2. The van der Waals surface area contributed by atoms with Gasteiger partial charge in [-0.25, -0.2) is 19.2 Å². The van der Waals surface area contributed by atoms with Gasteiger partial charge in [0.1, 0.15) is 5.56 Å². The zero-order chi connectivity index (χ0) is 29.4. The van der Waals surface area contributed by atoms with Gasteiger partial charge in [-0.1, -0.05) is 18.2 Å². The third-order valence-electron chi connectivity index (χ3n) is 7.27. The van der Waals surface area contributed by atoms with Gasteiger partial charge in [-0.15, -0.1) is 11.3 Å². The SMILES string of the molecule is O=C(O)c1cn(-c2nccs2)c2nc(N3CC(C(=O)NCC4CN(C(=O)c5ccccc5)CCO4)C3)c(F)cc2c1=O. The third kappa shape index (κ3) is 5.21. The number of amides is 2. The number of benzene rings is 1. The molecule has 1 aromatic carbocycles. The van der Waals surface area contributed by atoms with Crippen molar-refractivity contribution in [2.45, 2.75) is 6.10 Å². The molecule has 2 fully saturated rings. The van der Waals surface area contributed by atoms with E-state index in [0.29, 0.717) is 30.4 Å². The second-order valence-electron chi connectivity index (χ2n) is 9.98. The van der Waals surface area contributed by atoms with Gasteiger partial charge in [-0.2, -0.15) is 0 Å². The van der Waals surface area contributed by atoms with E-state index >= 15 is 4.39 Å². The molecule has 14 heteroatoms. The minimum Gasteiger partial charge on any atom is -0.477 e. The van der Waals surface area contributed by atoms with Crippen LogP contribution in [-0.2, 0) is 9.53 Å². The molecule has 3 aromatic heterocycles. The average Bonchev–Trinajstić information content (AvgIpc) is 3.51. The van der Waals surface area contributed by atoms with Gasteiger partial charge in [-0.05, 0) is 18.2 Å². The number of pyridine rings is 2. The Balaban J connectivity index is 1.12. The van der Waals surface area contributed by atoms with Crippen LogP contribution in [0.3, 0.4) is 0 Å². The van der Waals surface area contributed by atoms with Crippen molar-refractivity contribution < 1.29 is 28.6 Å². The molecule has 2 saturated heterocycles. The van der Waals surface area contributed by atoms with Crippen molar-refractivity contribution in [1.82, 2.24) is 24.8 Å². The van der Waals surface area contributed by atoms with Crippen LogP contribution in [0, 0.1) is 11.7 Å². The quantitative estimate of drug-likeness (QED) is 0.328. The maximum absolute atomic E-state index is 15.2. The number of hydrogen-bond donors (Lipinski definition) is 2. The lowest BCUT2D eigenvalue weighted by Crippen LogP contribution is -2.56. The Morgan fingerprint density at radius 3 is 2.67 bits per heavy atom. The van der Waals surface area contributed by atoms with Gasteiger partial charge in [0.2, 0.25) is 11.3 Å². The van der Waals surface area contributed by atoms with Gasteiger partial charge in [-0.3, -0.25) is 19.0 Å². The highest BCUT2D eigenvalue weighted by Crippen LogP contribution is 2.29. The molecule has 0 saturated carbocycles. The zero-order valence-electron chi connectivity index (χ0n) is 22.1. The standard InChI is InChI=1S/C28H25FN6O6S/c29-21-10-19-22(36)20(27(39)40)15-35(28-30-6-9-42-28)23(19)32-24(21)34-12-17(13-34)25(37)31-11-18-14-33(7-8-41-18)26(38)16-4-2-1-3-5-16/h1-6,9-10,15,17-18H,7-8,11-14H2,(H,31,37)(H,39,40). The first-order valence-corrected chi connectivity index (χ1v) is 14.1. The van der Waals surface area contributed by atoms with Crippen molar-refractivity contribution in [2.75, 3.05) is 44.2 Å². The number of halogens is 1. The third-order valence-corrected chi connectivity index (χ3v) is 8.04. The summed E-state index contributed by atoms with van der Waals surface area (Å²) in [6, 6.07) is 9.96. The summed E-state index contributed by atoms with van der Waals surface area (Å²) in [5.41, 5.74) is -0.717. The van der Waals surface area contributed by atoms with Crippen LogP contribution in [0.5, 0.6) is 0 Å². The van der Waals surface area contributed by atoms with Crippen molar-refractivity contribution in [1.29, 1.82) is 0 Å². The number of hydrogen-bond acceptors (Lipinski definition) is 9. The van der Waals surface area contributed by atoms with Crippen molar-refractivity contribution in [3.8, 4) is 5.13 Å². The topological polar surface area (TPSA) is 147 Å². The predicted molar refractivity (Wildman–Crippen MR) is 151 cm³/mol. The number of aromatic nitrogens is 3. The molecule has 1 unspecified atom stereocenters. The molecule has 12 nitrogen and oxygen atoms in total. The van der Waals surface area contributed by atoms with E-state index in [-0.39, 0.29) is 54.4 Å². The fraction of sp³-hybridized carbons (Fsp3) is 0.286. The van der Waals surface area contributed by atoms with Crippen LogP contribution < -0.4 is 15.6 Å². The van der Waals surface area contributed by atoms with E-state index in [4.69, 9.17) is 4.74 Å². The number of anilines is 1. The lowest BCUT2D eigenvalue weighted by molar-refractivity contribution is -0.126. The van der Waals surface area contributed by atoms with Crippen LogP contribution in [0.25, 0.3) is 16.2 Å². The maximum Gasteiger partial charge on any atom is 0.341 e. The van der Waals surface area contributed by atoms with Crippen molar-refractivity contribution in [3.05, 3.63) is 81.3 Å². The summed E-state index contributed by atoms with van der Waals surface area (Å²) in [7, 11) is 0. The number of ether oxygens (including phenoxy) is 1. The first kappa shape index (κ1) is 27.5. The normalized spacial score (nSPS) is 17.2. The first-order valence-electron chi connectivity index (χ1n) is 13.2. The molecule has 0 spiro atoms. The van der Waals surface area contributed by atoms with Gasteiger partial charge in [0.25, 0.3) is 5.91 Å². The van der Waals surface area contributed by atoms with Crippen LogP contribution in [-0.4, -0.2) is 87.8 Å². The Kier molecular flexibility index (Phi) is 7.39. The summed E-state index contributed by atoms with van der Waals surface area (Å²) in [6.45, 7) is 1.79. The Labute approximate surface area is 242 Å². The molecule has 6 rings (SSSR count). The monoisotopic (exact) mass is 592 g/mol. The summed E-state index contributed by atoms with van der Waals surface area (Å²) < 4.78 is 22.3. The molecule has 1 atom stereocenters. The largest absolute Gasteiger partial charge is 0.477 e. The van der Waals surface area contributed by atoms with Gasteiger partial charge in [0.05, 0.1) is 24.0 Å². The molecule has 0 bridgehead atoms. The van der Waals surface area contributed by atoms with Crippen molar-refractivity contribution in [2.24, 2.45) is 5.92 Å². The van der Waals surface area contributed by atoms with E-state index < -0.39 is 28.7 Å². The number of aromatic carboxylic acids is 1. The predicted octanol–water partition coefficient (Wildman–Crippen LogP) is 1.77. The molecule has 2 amide bonds. The van der Waals surface area contributed by atoms with Crippen LogP contribution >= 0.6 is 11.3 Å². The fourth-order valence-corrected chi connectivity index (χ4v) is 5.65. The number of morpholine rings is 1. The second-order valence-corrected chi connectivity index (χ2v) is 10.9. The second kappa shape index (κ2) is 11.3. The Morgan fingerprint density at radius 1 is 1.17 bits per heavy atom. The van der Waals surface area contributed by atoms with Crippen LogP contribution in [0.15, 0.2) is 59.0 Å². The molecule has 2 aliphatic heterocycles. The van der Waals surface area contributed by atoms with E-state index in [1.54, 1.807) is 27.3 Å². The highest BCUT2D eigenvalue weighted by molar-refractivity contribution is 7.12. The van der Waals surface area contributed by atoms with Crippen LogP contribution in [0.1, 0.15) is 20.7 Å². The number of fused-ring (bicyclic) bond motifs is 1. The lowest BCUT2D eigenvalue weighted by atomic mass is 9.99. The van der Waals surface area contributed by atoms with Crippen molar-refractivity contribution in [3.63, 3.8) is 0 Å². The van der Waals surface area contributed by atoms with Gasteiger partial charge in [0, 0.05) is 56.1 Å². The van der Waals surface area contributed by atoms with Crippen molar-refractivity contribution >= 4 is 46.0 Å². The number of rotatable bonds is 7. The summed E-state index contributed by atoms with van der Waals surface area (Å²) in [6.07, 6.45) is 2.30. The highest BCUT2D eigenvalue weighted by Gasteiger charge is 2.36. The fourth-order valence-electron chi connectivity index (χ4n) is 5.04. The van der Waals surface area contributed by atoms with Gasteiger partial charge < -0.3 is 25.0 Å². The number of carbonyl (C=O) groups is 3. The molecule has 42 heavy (non-hydrogen) atoms. The highest BCUT2D eigenvalue weighted by atomic mass is 32.1. The number of thiazole rings is 1. The molecule has 216 valence electrons. The summed E-state index contributed by atoms with van der Waals surface area (Å²) in [4.78, 5) is 61.9. The molecular weight excluding hydrogens is 567 g/mol. The number of carboxylic acid groups (broad SMARTS) is 1. The Hall–Kier alpha value is -4.69. The van der Waals surface area contributed by atoms with E-state index in [2.05, 4.69) is 15.3 Å². The minimum absolute atomic E-state index is 0.0509. The molecule has 4 aromatic rings. The van der Waals surface area contributed by atoms with E-state index in [0.717, 1.165) is 12.3 Å². The molecular formula is C28H25FN6O6S. The molecule has 0 aliphatic carbocycles. The molecule has 5 heterocycles. The summed E-state index contributed by atoms with van der Waals surface area (Å²) in [5.74, 6) is -3.04. The van der Waals surface area contributed by atoms with E-state index in [1.807, 2.05) is 18.2 Å². The first-order chi connectivity index (χ1) is 20.3. The number of nitrogens with one attached hydrogen (secondary N) is 1. The van der Waals surface area contributed by atoms with Crippen LogP contribution in [0.4, 0.5) is 10.2 Å². The molecule has 2 N–H and O–H groups in total. The van der Waals surface area contributed by atoms with Crippen LogP contribution in [0.2, 0.25) is 0 Å². The number of carbonyl (C=O) groups excluding carboxylic acids is 2. The molecule has 2 aliphatic rings. The van der Waals surface area contributed by atoms with Gasteiger partial charge >= 0.3 is 5.97 Å². The maximum atomic E-state index is 15.2. The molecule has 0 radical (unpaired) electrons. The van der Waals surface area contributed by atoms with E-state index in [1.165, 1.54) is 22.1 Å². The minimum atomic E-state index is -1.44. The number of nitrogens with zero attached hydrogens (tertiary/aromatic N) is 5. The van der Waals surface area contributed by atoms with E-state index in [9.17, 15) is 24.3 Å². The Morgan fingerprint density at radius 2 is 1.95 bits per heavy atom.